The number of aryl methyl sites for hydroxylation is 1. The smallest absolute Gasteiger partial charge is 0.307 e. The average Bonchev–Trinajstić information content (AvgIpc) is 2.40. The molecule has 0 aliphatic rings. The fourth-order valence-electron chi connectivity index (χ4n) is 1.81. The number of hydrogen-bond donors (Lipinski definition) is 1. The quantitative estimate of drug-likeness (QED) is 0.929. The summed E-state index contributed by atoms with van der Waals surface area (Å²) in [4.78, 5) is 15.1. The summed E-state index contributed by atoms with van der Waals surface area (Å²) in [7, 11) is 0. The Morgan fingerprint density at radius 3 is 2.50 bits per heavy atom. The van der Waals surface area contributed by atoms with E-state index in [2.05, 4.69) is 4.98 Å². The molecule has 0 saturated carbocycles. The molecule has 1 aromatic carbocycles. The maximum atomic E-state index is 10.7. The van der Waals surface area contributed by atoms with E-state index in [1.165, 1.54) is 0 Å². The van der Waals surface area contributed by atoms with Crippen LogP contribution in [0.4, 0.5) is 0 Å². The molecule has 0 unspecified atom stereocenters. The third-order valence-corrected chi connectivity index (χ3v) is 3.13. The Hall–Kier alpha value is -2.13. The van der Waals surface area contributed by atoms with Crippen LogP contribution in [0.15, 0.2) is 36.4 Å². The molecule has 3 nitrogen and oxygen atoms in total. The average molecular weight is 288 g/mol. The summed E-state index contributed by atoms with van der Waals surface area (Å²) < 4.78 is 0. The van der Waals surface area contributed by atoms with E-state index in [0.29, 0.717) is 5.02 Å². The summed E-state index contributed by atoms with van der Waals surface area (Å²) in [6.07, 6.45) is 3.83. The molecule has 2 aromatic rings. The standard InChI is InChI=1S/C16H14ClNO2/c1-11-13(10-16(19)20)5-9-15(18-11)8-4-12-2-6-14(17)7-3-12/h2-9H,10H2,1H3,(H,19,20). The van der Waals surface area contributed by atoms with Crippen molar-refractivity contribution in [2.24, 2.45) is 0 Å². The summed E-state index contributed by atoms with van der Waals surface area (Å²) in [5, 5.41) is 9.49. The van der Waals surface area contributed by atoms with Crippen molar-refractivity contribution in [1.82, 2.24) is 4.98 Å². The van der Waals surface area contributed by atoms with E-state index < -0.39 is 5.97 Å². The number of aliphatic carboxylic acids is 1. The lowest BCUT2D eigenvalue weighted by Crippen LogP contribution is -2.03. The Morgan fingerprint density at radius 2 is 1.90 bits per heavy atom. The highest BCUT2D eigenvalue weighted by molar-refractivity contribution is 6.30. The molecular formula is C16H14ClNO2. The lowest BCUT2D eigenvalue weighted by atomic mass is 10.1. The first-order valence-corrected chi connectivity index (χ1v) is 6.54. The Balaban J connectivity index is 2.15. The Morgan fingerprint density at radius 1 is 1.20 bits per heavy atom. The van der Waals surface area contributed by atoms with Crippen LogP contribution in [-0.2, 0) is 11.2 Å². The number of pyridine rings is 1. The van der Waals surface area contributed by atoms with Gasteiger partial charge in [0, 0.05) is 10.7 Å². The van der Waals surface area contributed by atoms with Gasteiger partial charge in [-0.15, -0.1) is 0 Å². The predicted octanol–water partition coefficient (Wildman–Crippen LogP) is 3.84. The summed E-state index contributed by atoms with van der Waals surface area (Å²) >= 11 is 5.82. The number of halogens is 1. The minimum absolute atomic E-state index is 0.0000119. The molecule has 20 heavy (non-hydrogen) atoms. The molecule has 0 bridgehead atoms. The van der Waals surface area contributed by atoms with Crippen LogP contribution >= 0.6 is 11.6 Å². The van der Waals surface area contributed by atoms with Crippen LogP contribution in [0.1, 0.15) is 22.5 Å². The molecule has 0 amide bonds. The second-order valence-corrected chi connectivity index (χ2v) is 4.87. The van der Waals surface area contributed by atoms with Gasteiger partial charge in [-0.3, -0.25) is 9.78 Å². The highest BCUT2D eigenvalue weighted by Gasteiger charge is 2.04. The van der Waals surface area contributed by atoms with Crippen molar-refractivity contribution in [2.75, 3.05) is 0 Å². The Kier molecular flexibility index (Phi) is 4.53. The lowest BCUT2D eigenvalue weighted by molar-refractivity contribution is -0.136. The van der Waals surface area contributed by atoms with E-state index in [9.17, 15) is 4.79 Å². The van der Waals surface area contributed by atoms with Gasteiger partial charge in [0.25, 0.3) is 0 Å². The van der Waals surface area contributed by atoms with E-state index in [1.54, 1.807) is 6.07 Å². The molecule has 0 spiro atoms. The van der Waals surface area contributed by atoms with E-state index in [1.807, 2.05) is 49.4 Å². The Bertz CT molecular complexity index is 648. The number of carboxylic acid groups (broad SMARTS) is 1. The summed E-state index contributed by atoms with van der Waals surface area (Å²) in [5.74, 6) is -0.848. The molecule has 2 rings (SSSR count). The molecule has 4 heteroatoms. The Labute approximate surface area is 122 Å². The number of rotatable bonds is 4. The van der Waals surface area contributed by atoms with Gasteiger partial charge in [0.15, 0.2) is 0 Å². The van der Waals surface area contributed by atoms with Crippen LogP contribution in [-0.4, -0.2) is 16.1 Å². The van der Waals surface area contributed by atoms with Crippen molar-refractivity contribution < 1.29 is 9.90 Å². The van der Waals surface area contributed by atoms with E-state index in [0.717, 1.165) is 22.5 Å². The van der Waals surface area contributed by atoms with Gasteiger partial charge in [-0.1, -0.05) is 35.9 Å². The lowest BCUT2D eigenvalue weighted by Gasteiger charge is -2.03. The maximum absolute atomic E-state index is 10.7. The molecule has 0 aliphatic heterocycles. The third-order valence-electron chi connectivity index (χ3n) is 2.88. The van der Waals surface area contributed by atoms with Gasteiger partial charge in [0.2, 0.25) is 0 Å². The number of carbonyl (C=O) groups is 1. The van der Waals surface area contributed by atoms with Crippen molar-refractivity contribution in [3.8, 4) is 0 Å². The van der Waals surface area contributed by atoms with Gasteiger partial charge >= 0.3 is 5.97 Å². The molecule has 1 heterocycles. The van der Waals surface area contributed by atoms with Gasteiger partial charge in [-0.2, -0.15) is 0 Å². The summed E-state index contributed by atoms with van der Waals surface area (Å²) in [6, 6.07) is 11.1. The fourth-order valence-corrected chi connectivity index (χ4v) is 1.93. The molecule has 1 N–H and O–H groups in total. The second kappa shape index (κ2) is 6.35. The van der Waals surface area contributed by atoms with Crippen LogP contribution in [0.5, 0.6) is 0 Å². The molecule has 0 atom stereocenters. The minimum atomic E-state index is -0.848. The van der Waals surface area contributed by atoms with Gasteiger partial charge in [0.1, 0.15) is 0 Å². The van der Waals surface area contributed by atoms with Crippen molar-refractivity contribution >= 4 is 29.7 Å². The fraction of sp³-hybridized carbons (Fsp3) is 0.125. The van der Waals surface area contributed by atoms with Gasteiger partial charge in [-0.05, 0) is 42.3 Å². The van der Waals surface area contributed by atoms with Crippen LogP contribution in [0.2, 0.25) is 5.02 Å². The summed E-state index contributed by atoms with van der Waals surface area (Å²) in [6.45, 7) is 1.82. The van der Waals surface area contributed by atoms with E-state index >= 15 is 0 Å². The predicted molar refractivity (Wildman–Crippen MR) is 80.7 cm³/mol. The van der Waals surface area contributed by atoms with Crippen LogP contribution in [0.3, 0.4) is 0 Å². The molecule has 102 valence electrons. The normalized spacial score (nSPS) is 10.9. The molecule has 0 saturated heterocycles. The maximum Gasteiger partial charge on any atom is 0.307 e. The van der Waals surface area contributed by atoms with Crippen molar-refractivity contribution in [1.29, 1.82) is 0 Å². The molecular weight excluding hydrogens is 274 g/mol. The van der Waals surface area contributed by atoms with Crippen LogP contribution in [0.25, 0.3) is 12.2 Å². The highest BCUT2D eigenvalue weighted by atomic mass is 35.5. The van der Waals surface area contributed by atoms with Crippen molar-refractivity contribution in [3.63, 3.8) is 0 Å². The SMILES string of the molecule is Cc1nc(C=Cc2ccc(Cl)cc2)ccc1CC(=O)O. The second-order valence-electron chi connectivity index (χ2n) is 4.44. The minimum Gasteiger partial charge on any atom is -0.481 e. The first-order valence-electron chi connectivity index (χ1n) is 6.16. The third kappa shape index (κ3) is 3.93. The zero-order valence-electron chi connectivity index (χ0n) is 11.0. The topological polar surface area (TPSA) is 50.2 Å². The van der Waals surface area contributed by atoms with Crippen LogP contribution < -0.4 is 0 Å². The highest BCUT2D eigenvalue weighted by Crippen LogP contribution is 2.13. The van der Waals surface area contributed by atoms with Gasteiger partial charge in [-0.25, -0.2) is 0 Å². The molecule has 1 aromatic heterocycles. The zero-order chi connectivity index (χ0) is 14.5. The molecule has 0 radical (unpaired) electrons. The van der Waals surface area contributed by atoms with E-state index in [-0.39, 0.29) is 6.42 Å². The zero-order valence-corrected chi connectivity index (χ0v) is 11.8. The van der Waals surface area contributed by atoms with Crippen LogP contribution in [0, 0.1) is 6.92 Å². The first kappa shape index (κ1) is 14.3. The molecule has 0 fully saturated rings. The van der Waals surface area contributed by atoms with Gasteiger partial charge in [0.05, 0.1) is 12.1 Å². The van der Waals surface area contributed by atoms with Gasteiger partial charge < -0.3 is 5.11 Å². The summed E-state index contributed by atoms with van der Waals surface area (Å²) in [5.41, 5.74) is 3.31. The number of nitrogens with zero attached hydrogens (tertiary/aromatic N) is 1. The van der Waals surface area contributed by atoms with Crippen molar-refractivity contribution in [2.45, 2.75) is 13.3 Å². The number of aromatic nitrogens is 1. The number of hydrogen-bond acceptors (Lipinski definition) is 2. The van der Waals surface area contributed by atoms with E-state index in [4.69, 9.17) is 16.7 Å². The first-order chi connectivity index (χ1) is 9.54. The number of benzene rings is 1. The number of carboxylic acids is 1. The largest absolute Gasteiger partial charge is 0.481 e. The molecule has 0 aliphatic carbocycles. The van der Waals surface area contributed by atoms with Crippen molar-refractivity contribution in [3.05, 3.63) is 63.9 Å². The monoisotopic (exact) mass is 287 g/mol.